The van der Waals surface area contributed by atoms with Crippen molar-refractivity contribution in [1.29, 1.82) is 0 Å². The zero-order chi connectivity index (χ0) is 12.5. The van der Waals surface area contributed by atoms with E-state index in [1.54, 1.807) is 17.5 Å². The van der Waals surface area contributed by atoms with Gasteiger partial charge in [-0.05, 0) is 24.3 Å². The van der Waals surface area contributed by atoms with Gasteiger partial charge in [0.25, 0.3) is 10.0 Å². The fraction of sp³-hybridized carbons (Fsp3) is 0.500. The lowest BCUT2D eigenvalue weighted by molar-refractivity contribution is -0.122. The number of hydrogen-bond donors (Lipinski definition) is 1. The highest BCUT2D eigenvalue weighted by atomic mass is 32.2. The van der Waals surface area contributed by atoms with Crippen molar-refractivity contribution in [3.63, 3.8) is 0 Å². The van der Waals surface area contributed by atoms with Crippen LogP contribution in [-0.2, 0) is 14.8 Å². The maximum Gasteiger partial charge on any atom is 0.252 e. The topological polar surface area (TPSA) is 80.5 Å². The molecule has 0 saturated carbocycles. The van der Waals surface area contributed by atoms with Gasteiger partial charge in [-0.15, -0.1) is 11.3 Å². The van der Waals surface area contributed by atoms with Gasteiger partial charge in [0.2, 0.25) is 5.91 Å². The Kier molecular flexibility index (Phi) is 3.50. The van der Waals surface area contributed by atoms with Crippen molar-refractivity contribution in [2.75, 3.05) is 13.1 Å². The molecule has 1 aliphatic rings. The predicted octanol–water partition coefficient (Wildman–Crippen LogP) is 0.634. The molecule has 94 valence electrons. The number of thiophene rings is 1. The van der Waals surface area contributed by atoms with Crippen LogP contribution in [0.1, 0.15) is 12.8 Å². The number of carbonyl (C=O) groups is 1. The first-order valence-corrected chi connectivity index (χ1v) is 7.67. The van der Waals surface area contributed by atoms with Crippen molar-refractivity contribution >= 4 is 27.3 Å². The molecular weight excluding hydrogens is 260 g/mol. The van der Waals surface area contributed by atoms with Gasteiger partial charge in [0.05, 0.1) is 5.92 Å². The average Bonchev–Trinajstić information content (AvgIpc) is 2.83. The molecule has 2 heterocycles. The maximum atomic E-state index is 12.2. The van der Waals surface area contributed by atoms with Crippen molar-refractivity contribution in [1.82, 2.24) is 4.31 Å². The summed E-state index contributed by atoms with van der Waals surface area (Å²) in [7, 11) is -3.44. The normalized spacial score (nSPS) is 22.5. The fourth-order valence-corrected chi connectivity index (χ4v) is 4.60. The van der Waals surface area contributed by atoms with E-state index in [4.69, 9.17) is 5.73 Å². The highest BCUT2D eigenvalue weighted by Crippen LogP contribution is 2.25. The van der Waals surface area contributed by atoms with E-state index < -0.39 is 15.9 Å². The molecule has 1 aromatic rings. The Morgan fingerprint density at radius 3 is 2.88 bits per heavy atom. The third kappa shape index (κ3) is 2.51. The molecule has 0 aromatic carbocycles. The van der Waals surface area contributed by atoms with E-state index in [0.717, 1.165) is 0 Å². The second-order valence-corrected chi connectivity index (χ2v) is 7.15. The Morgan fingerprint density at radius 2 is 2.29 bits per heavy atom. The number of sulfonamides is 1. The summed E-state index contributed by atoms with van der Waals surface area (Å²) in [6, 6.07) is 3.28. The van der Waals surface area contributed by atoms with Gasteiger partial charge in [0.15, 0.2) is 0 Å². The fourth-order valence-electron chi connectivity index (χ4n) is 1.93. The smallest absolute Gasteiger partial charge is 0.252 e. The summed E-state index contributed by atoms with van der Waals surface area (Å²) in [4.78, 5) is 11.1. The summed E-state index contributed by atoms with van der Waals surface area (Å²) in [5.74, 6) is -0.783. The molecule has 0 bridgehead atoms. The number of hydrogen-bond acceptors (Lipinski definition) is 4. The van der Waals surface area contributed by atoms with E-state index in [-0.39, 0.29) is 12.5 Å². The van der Waals surface area contributed by atoms with Gasteiger partial charge in [-0.3, -0.25) is 4.79 Å². The molecule has 1 unspecified atom stereocenters. The molecule has 1 aromatic heterocycles. The Morgan fingerprint density at radius 1 is 1.53 bits per heavy atom. The summed E-state index contributed by atoms with van der Waals surface area (Å²) in [5.41, 5.74) is 5.23. The molecule has 17 heavy (non-hydrogen) atoms. The van der Waals surface area contributed by atoms with Crippen LogP contribution in [0.2, 0.25) is 0 Å². The van der Waals surface area contributed by atoms with Crippen molar-refractivity contribution in [2.45, 2.75) is 17.1 Å². The van der Waals surface area contributed by atoms with E-state index in [1.807, 2.05) is 0 Å². The molecule has 1 amide bonds. The third-order valence-corrected chi connectivity index (χ3v) is 6.11. The van der Waals surface area contributed by atoms with Crippen LogP contribution in [0.5, 0.6) is 0 Å². The molecule has 1 fully saturated rings. The van der Waals surface area contributed by atoms with E-state index >= 15 is 0 Å². The molecule has 2 rings (SSSR count). The lowest BCUT2D eigenvalue weighted by Crippen LogP contribution is -2.43. The Labute approximate surface area is 104 Å². The Bertz CT molecular complexity index is 496. The highest BCUT2D eigenvalue weighted by Gasteiger charge is 2.32. The van der Waals surface area contributed by atoms with Crippen molar-refractivity contribution in [2.24, 2.45) is 11.7 Å². The summed E-state index contributed by atoms with van der Waals surface area (Å²) in [6.45, 7) is 0.666. The van der Waals surface area contributed by atoms with Crippen molar-refractivity contribution in [3.8, 4) is 0 Å². The summed E-state index contributed by atoms with van der Waals surface area (Å²) < 4.78 is 26.1. The monoisotopic (exact) mass is 274 g/mol. The standard InChI is InChI=1S/C10H14N2O3S2/c11-10(13)8-3-1-5-12(7-8)17(14,15)9-4-2-6-16-9/h2,4,6,8H,1,3,5,7H2,(H2,11,13). The Hall–Kier alpha value is -0.920. The zero-order valence-corrected chi connectivity index (χ0v) is 10.8. The minimum Gasteiger partial charge on any atom is -0.369 e. The van der Waals surface area contributed by atoms with Gasteiger partial charge in [-0.25, -0.2) is 8.42 Å². The van der Waals surface area contributed by atoms with Crippen LogP contribution in [0, 0.1) is 5.92 Å². The molecule has 1 aliphatic heterocycles. The van der Waals surface area contributed by atoms with E-state index in [0.29, 0.717) is 23.6 Å². The van der Waals surface area contributed by atoms with Gasteiger partial charge in [0, 0.05) is 13.1 Å². The van der Waals surface area contributed by atoms with Gasteiger partial charge < -0.3 is 5.73 Å². The summed E-state index contributed by atoms with van der Waals surface area (Å²) in [6.07, 6.45) is 1.35. The predicted molar refractivity (Wildman–Crippen MR) is 65.0 cm³/mol. The Balaban J connectivity index is 2.20. The van der Waals surface area contributed by atoms with Crippen LogP contribution < -0.4 is 5.73 Å². The van der Waals surface area contributed by atoms with E-state index in [2.05, 4.69) is 0 Å². The van der Waals surface area contributed by atoms with Gasteiger partial charge in [0.1, 0.15) is 4.21 Å². The number of carbonyl (C=O) groups excluding carboxylic acids is 1. The van der Waals surface area contributed by atoms with Crippen molar-refractivity contribution < 1.29 is 13.2 Å². The van der Waals surface area contributed by atoms with Gasteiger partial charge in [-0.2, -0.15) is 4.31 Å². The number of rotatable bonds is 3. The lowest BCUT2D eigenvalue weighted by Gasteiger charge is -2.29. The van der Waals surface area contributed by atoms with Crippen molar-refractivity contribution in [3.05, 3.63) is 17.5 Å². The first-order chi connectivity index (χ1) is 8.01. The summed E-state index contributed by atoms with van der Waals surface area (Å²) >= 11 is 1.19. The zero-order valence-electron chi connectivity index (χ0n) is 9.20. The van der Waals surface area contributed by atoms with Crippen LogP contribution in [0.15, 0.2) is 21.7 Å². The van der Waals surface area contributed by atoms with Gasteiger partial charge >= 0.3 is 0 Å². The van der Waals surface area contributed by atoms with Crippen LogP contribution in [-0.4, -0.2) is 31.7 Å². The molecule has 2 N–H and O–H groups in total. The molecule has 7 heteroatoms. The molecular formula is C10H14N2O3S2. The number of primary amides is 1. The largest absolute Gasteiger partial charge is 0.369 e. The number of nitrogens with zero attached hydrogens (tertiary/aromatic N) is 1. The highest BCUT2D eigenvalue weighted by molar-refractivity contribution is 7.91. The number of piperidine rings is 1. The molecule has 0 radical (unpaired) electrons. The third-order valence-electron chi connectivity index (χ3n) is 2.88. The molecule has 5 nitrogen and oxygen atoms in total. The maximum absolute atomic E-state index is 12.2. The quantitative estimate of drug-likeness (QED) is 0.878. The van der Waals surface area contributed by atoms with Crippen LogP contribution >= 0.6 is 11.3 Å². The first-order valence-electron chi connectivity index (χ1n) is 5.35. The number of amides is 1. The minimum absolute atomic E-state index is 0.204. The van der Waals surface area contributed by atoms with E-state index in [9.17, 15) is 13.2 Å². The van der Waals surface area contributed by atoms with Crippen LogP contribution in [0.4, 0.5) is 0 Å². The summed E-state index contributed by atoms with van der Waals surface area (Å²) in [5, 5.41) is 1.72. The lowest BCUT2D eigenvalue weighted by atomic mass is 9.99. The molecule has 0 spiro atoms. The molecule has 0 aliphatic carbocycles. The molecule has 1 atom stereocenters. The average molecular weight is 274 g/mol. The van der Waals surface area contributed by atoms with E-state index in [1.165, 1.54) is 15.6 Å². The molecule has 1 saturated heterocycles. The van der Waals surface area contributed by atoms with Crippen LogP contribution in [0.25, 0.3) is 0 Å². The number of nitrogens with two attached hydrogens (primary N) is 1. The second-order valence-electron chi connectivity index (χ2n) is 4.04. The minimum atomic E-state index is -3.44. The first kappa shape index (κ1) is 12.5. The van der Waals surface area contributed by atoms with Gasteiger partial charge in [-0.1, -0.05) is 6.07 Å². The SMILES string of the molecule is NC(=O)C1CCCN(S(=O)(=O)c2cccs2)C1. The second kappa shape index (κ2) is 4.75. The van der Waals surface area contributed by atoms with Crippen LogP contribution in [0.3, 0.4) is 0 Å².